The Hall–Kier alpha value is -1.71. The molecule has 0 radical (unpaired) electrons. The number of carbonyl (C=O) groups excluding carboxylic acids is 1. The lowest BCUT2D eigenvalue weighted by molar-refractivity contribution is -0.107. The van der Waals surface area contributed by atoms with Crippen molar-refractivity contribution in [1.29, 1.82) is 0 Å². The quantitative estimate of drug-likeness (QED) is 0.330. The van der Waals surface area contributed by atoms with E-state index in [-0.39, 0.29) is 5.04 Å². The summed E-state index contributed by atoms with van der Waals surface area (Å²) < 4.78 is 6.95. The van der Waals surface area contributed by atoms with Crippen LogP contribution in [-0.2, 0) is 9.22 Å². The molecule has 0 aliphatic rings. The molecule has 0 spiro atoms. The van der Waals surface area contributed by atoms with Gasteiger partial charge in [-0.15, -0.1) is 0 Å². The fraction of sp³-hybridized carbons (Fsp3) is 0.458. The molecule has 0 amide bonds. The SMILES string of the molecule is C[C@@H](CCCCC=O)CO[Si](c1ccccc1)(c1ccccc1)C(C)(C)C. The van der Waals surface area contributed by atoms with Crippen LogP contribution in [0.5, 0.6) is 0 Å². The molecule has 0 bridgehead atoms. The van der Waals surface area contributed by atoms with Crippen LogP contribution in [0, 0.1) is 5.92 Å². The third kappa shape index (κ3) is 5.39. The maximum absolute atomic E-state index is 10.5. The molecule has 2 nitrogen and oxygen atoms in total. The summed E-state index contributed by atoms with van der Waals surface area (Å²) in [6.07, 6.45) is 4.86. The van der Waals surface area contributed by atoms with Crippen LogP contribution in [0.2, 0.25) is 5.04 Å². The fourth-order valence-electron chi connectivity index (χ4n) is 3.83. The van der Waals surface area contributed by atoms with Crippen LogP contribution < -0.4 is 10.4 Å². The Kier molecular flexibility index (Phi) is 8.00. The van der Waals surface area contributed by atoms with Gasteiger partial charge < -0.3 is 9.22 Å². The molecule has 1 atom stereocenters. The molecule has 0 unspecified atom stereocenters. The highest BCUT2D eigenvalue weighted by Crippen LogP contribution is 2.37. The van der Waals surface area contributed by atoms with Crippen molar-refractivity contribution in [2.75, 3.05) is 6.61 Å². The Morgan fingerprint density at radius 3 is 1.89 bits per heavy atom. The van der Waals surface area contributed by atoms with Gasteiger partial charge in [0, 0.05) is 13.0 Å². The predicted octanol–water partition coefficient (Wildman–Crippen LogP) is 4.96. The van der Waals surface area contributed by atoms with Crippen LogP contribution in [0.4, 0.5) is 0 Å². The minimum Gasteiger partial charge on any atom is -0.407 e. The zero-order chi connectivity index (χ0) is 19.8. The van der Waals surface area contributed by atoms with Crippen molar-refractivity contribution in [1.82, 2.24) is 0 Å². The lowest BCUT2D eigenvalue weighted by Gasteiger charge is -2.43. The number of unbranched alkanes of at least 4 members (excludes halogenated alkanes) is 2. The van der Waals surface area contributed by atoms with Crippen molar-refractivity contribution >= 4 is 25.0 Å². The van der Waals surface area contributed by atoms with E-state index in [0.717, 1.165) is 32.2 Å². The molecule has 0 saturated carbocycles. The standard InChI is InChI=1S/C24H34O2Si/c1-21(14-8-7-13-19-25)20-26-27(24(2,3)4,22-15-9-5-10-16-22)23-17-11-6-12-18-23/h5-6,9-12,15-19,21H,7-8,13-14,20H2,1-4H3/t21-/m0/s1. The first-order chi connectivity index (χ1) is 12.9. The molecule has 0 saturated heterocycles. The van der Waals surface area contributed by atoms with Gasteiger partial charge >= 0.3 is 0 Å². The minimum atomic E-state index is -2.42. The van der Waals surface area contributed by atoms with Gasteiger partial charge in [-0.1, -0.05) is 94.8 Å². The highest BCUT2D eigenvalue weighted by Gasteiger charge is 2.50. The molecular formula is C24H34O2Si. The smallest absolute Gasteiger partial charge is 0.261 e. The fourth-order valence-corrected chi connectivity index (χ4v) is 8.52. The van der Waals surface area contributed by atoms with Gasteiger partial charge in [0.1, 0.15) is 6.29 Å². The number of carbonyl (C=O) groups is 1. The lowest BCUT2D eigenvalue weighted by atomic mass is 10.0. The average molecular weight is 383 g/mol. The molecule has 2 aromatic carbocycles. The molecule has 0 aliphatic heterocycles. The molecule has 0 N–H and O–H groups in total. The van der Waals surface area contributed by atoms with Crippen molar-refractivity contribution in [2.24, 2.45) is 5.92 Å². The topological polar surface area (TPSA) is 26.3 Å². The Balaban J connectivity index is 2.31. The molecule has 0 fully saturated rings. The van der Waals surface area contributed by atoms with E-state index >= 15 is 0 Å². The molecule has 2 rings (SSSR count). The summed E-state index contributed by atoms with van der Waals surface area (Å²) in [6.45, 7) is 9.96. The van der Waals surface area contributed by atoms with Crippen molar-refractivity contribution in [3.8, 4) is 0 Å². The van der Waals surface area contributed by atoms with E-state index in [4.69, 9.17) is 4.43 Å². The Morgan fingerprint density at radius 1 is 0.926 bits per heavy atom. The van der Waals surface area contributed by atoms with Crippen LogP contribution in [-0.4, -0.2) is 21.2 Å². The van der Waals surface area contributed by atoms with Crippen LogP contribution in [0.1, 0.15) is 53.4 Å². The Morgan fingerprint density at radius 2 is 1.44 bits per heavy atom. The van der Waals surface area contributed by atoms with Gasteiger partial charge in [0.05, 0.1) is 0 Å². The summed E-state index contributed by atoms with van der Waals surface area (Å²) in [5.41, 5.74) is 0. The molecule has 3 heteroatoms. The number of hydrogen-bond donors (Lipinski definition) is 0. The Bertz CT molecular complexity index is 637. The second kappa shape index (κ2) is 10.0. The van der Waals surface area contributed by atoms with Crippen LogP contribution in [0.15, 0.2) is 60.7 Å². The van der Waals surface area contributed by atoms with Gasteiger partial charge in [-0.2, -0.15) is 0 Å². The van der Waals surface area contributed by atoms with Crippen LogP contribution in [0.3, 0.4) is 0 Å². The number of hydrogen-bond acceptors (Lipinski definition) is 2. The molecule has 2 aromatic rings. The van der Waals surface area contributed by atoms with Crippen molar-refractivity contribution in [3.63, 3.8) is 0 Å². The molecule has 146 valence electrons. The monoisotopic (exact) mass is 382 g/mol. The van der Waals surface area contributed by atoms with E-state index < -0.39 is 8.32 Å². The van der Waals surface area contributed by atoms with E-state index in [2.05, 4.69) is 88.4 Å². The number of aldehydes is 1. The number of benzene rings is 2. The molecule has 0 aliphatic carbocycles. The van der Waals surface area contributed by atoms with Gasteiger partial charge in [-0.05, 0) is 34.2 Å². The van der Waals surface area contributed by atoms with Gasteiger partial charge in [0.25, 0.3) is 8.32 Å². The summed E-state index contributed by atoms with van der Waals surface area (Å²) in [7, 11) is -2.42. The van der Waals surface area contributed by atoms with Crippen molar-refractivity contribution in [2.45, 2.75) is 58.4 Å². The van der Waals surface area contributed by atoms with Crippen molar-refractivity contribution < 1.29 is 9.22 Å². The summed E-state index contributed by atoms with van der Waals surface area (Å²) in [4.78, 5) is 10.5. The zero-order valence-corrected chi connectivity index (χ0v) is 18.3. The van der Waals surface area contributed by atoms with Gasteiger partial charge in [-0.3, -0.25) is 0 Å². The second-order valence-electron chi connectivity index (χ2n) is 8.53. The first-order valence-corrected chi connectivity index (χ1v) is 12.0. The van der Waals surface area contributed by atoms with E-state index in [9.17, 15) is 4.79 Å². The van der Waals surface area contributed by atoms with Gasteiger partial charge in [0.15, 0.2) is 0 Å². The van der Waals surface area contributed by atoms with Gasteiger partial charge in [-0.25, -0.2) is 0 Å². The third-order valence-electron chi connectivity index (χ3n) is 5.27. The molecular weight excluding hydrogens is 348 g/mol. The largest absolute Gasteiger partial charge is 0.407 e. The van der Waals surface area contributed by atoms with E-state index in [1.807, 2.05) is 0 Å². The normalized spacial score (nSPS) is 13.3. The lowest BCUT2D eigenvalue weighted by Crippen LogP contribution is -2.66. The molecule has 0 heterocycles. The van der Waals surface area contributed by atoms with E-state index in [1.165, 1.54) is 10.4 Å². The van der Waals surface area contributed by atoms with Gasteiger partial charge in [0.2, 0.25) is 0 Å². The number of rotatable bonds is 10. The summed E-state index contributed by atoms with van der Waals surface area (Å²) in [6, 6.07) is 21.6. The zero-order valence-electron chi connectivity index (χ0n) is 17.3. The maximum atomic E-state index is 10.5. The summed E-state index contributed by atoms with van der Waals surface area (Å²) in [5.74, 6) is 0.485. The highest BCUT2D eigenvalue weighted by molar-refractivity contribution is 6.99. The highest BCUT2D eigenvalue weighted by atomic mass is 28.4. The first kappa shape index (κ1) is 21.6. The first-order valence-electron chi connectivity index (χ1n) is 10.1. The Labute approximate surface area is 166 Å². The molecule has 27 heavy (non-hydrogen) atoms. The molecule has 0 aromatic heterocycles. The minimum absolute atomic E-state index is 0.0208. The summed E-state index contributed by atoms with van der Waals surface area (Å²) in [5, 5.41) is 2.68. The van der Waals surface area contributed by atoms with Crippen molar-refractivity contribution in [3.05, 3.63) is 60.7 Å². The summed E-state index contributed by atoms with van der Waals surface area (Å²) >= 11 is 0. The predicted molar refractivity (Wildman–Crippen MR) is 117 cm³/mol. The second-order valence-corrected chi connectivity index (χ2v) is 12.8. The van der Waals surface area contributed by atoms with Crippen LogP contribution in [0.25, 0.3) is 0 Å². The van der Waals surface area contributed by atoms with E-state index in [0.29, 0.717) is 12.3 Å². The van der Waals surface area contributed by atoms with Crippen LogP contribution >= 0.6 is 0 Å². The van der Waals surface area contributed by atoms with E-state index in [1.54, 1.807) is 0 Å². The average Bonchev–Trinajstić information content (AvgIpc) is 2.66. The third-order valence-corrected chi connectivity index (χ3v) is 10.3. The maximum Gasteiger partial charge on any atom is 0.261 e.